The van der Waals surface area contributed by atoms with E-state index in [0.29, 0.717) is 19.2 Å². The van der Waals surface area contributed by atoms with Crippen LogP contribution < -0.4 is 4.90 Å². The lowest BCUT2D eigenvalue weighted by Crippen LogP contribution is -2.56. The average molecular weight is 390 g/mol. The molecule has 3 aliphatic heterocycles. The largest absolute Gasteiger partial charge is 0.448 e. The van der Waals surface area contributed by atoms with Crippen molar-refractivity contribution in [2.24, 2.45) is 0 Å². The first-order valence-corrected chi connectivity index (χ1v) is 10.0. The summed E-state index contributed by atoms with van der Waals surface area (Å²) in [6.45, 7) is 6.12. The molecule has 1 atom stereocenters. The van der Waals surface area contributed by atoms with Gasteiger partial charge in [-0.05, 0) is 37.1 Å². The zero-order valence-corrected chi connectivity index (χ0v) is 16.1. The van der Waals surface area contributed by atoms with Crippen LogP contribution in [0.5, 0.6) is 0 Å². The summed E-state index contributed by atoms with van der Waals surface area (Å²) in [6, 6.07) is 7.02. The summed E-state index contributed by atoms with van der Waals surface area (Å²) in [5.74, 6) is -0.204. The molecule has 0 bridgehead atoms. The molecule has 0 saturated carbocycles. The summed E-state index contributed by atoms with van der Waals surface area (Å²) < 4.78 is 18.0. The molecule has 0 aliphatic carbocycles. The van der Waals surface area contributed by atoms with E-state index in [-0.39, 0.29) is 24.4 Å². The lowest BCUT2D eigenvalue weighted by molar-refractivity contribution is -0.133. The number of piperidine rings is 1. The fourth-order valence-corrected chi connectivity index (χ4v) is 4.31. The maximum Gasteiger partial charge on any atom is 0.410 e. The normalized spacial score (nSPS) is 23.8. The summed E-state index contributed by atoms with van der Waals surface area (Å²) in [4.78, 5) is 32.3. The number of hydrogen-bond acceptors (Lipinski definition) is 5. The second kappa shape index (κ2) is 8.34. The van der Waals surface area contributed by atoms with Gasteiger partial charge in [0.15, 0.2) is 0 Å². The fourth-order valence-electron chi connectivity index (χ4n) is 4.31. The molecule has 0 radical (unpaired) electrons. The molecule has 3 heterocycles. The maximum atomic E-state index is 13.1. The molecule has 0 aromatic heterocycles. The highest BCUT2D eigenvalue weighted by Gasteiger charge is 2.32. The van der Waals surface area contributed by atoms with E-state index in [4.69, 9.17) is 4.74 Å². The maximum absolute atomic E-state index is 13.1. The van der Waals surface area contributed by atoms with Crippen LogP contribution in [0.25, 0.3) is 0 Å². The minimum Gasteiger partial charge on any atom is -0.448 e. The predicted molar refractivity (Wildman–Crippen MR) is 103 cm³/mol. The number of anilines is 1. The molecule has 1 aromatic carbocycles. The van der Waals surface area contributed by atoms with Crippen molar-refractivity contribution in [2.75, 3.05) is 63.9 Å². The van der Waals surface area contributed by atoms with Crippen molar-refractivity contribution in [1.29, 1.82) is 0 Å². The highest BCUT2D eigenvalue weighted by Crippen LogP contribution is 2.21. The third kappa shape index (κ3) is 4.22. The Morgan fingerprint density at radius 1 is 1.07 bits per heavy atom. The lowest BCUT2D eigenvalue weighted by Gasteiger charge is -2.44. The molecule has 0 N–H and O–H groups in total. The SMILES string of the molecule is O=C(CN1CCOC1=O)N1CCCC(N2CCN(c3ccc(F)cc3)CC2)C1. The van der Waals surface area contributed by atoms with E-state index in [2.05, 4.69) is 9.80 Å². The van der Waals surface area contributed by atoms with Gasteiger partial charge in [0, 0.05) is 51.0 Å². The first kappa shape index (κ1) is 19.0. The highest BCUT2D eigenvalue weighted by molar-refractivity contribution is 5.83. The Balaban J connectivity index is 1.28. The summed E-state index contributed by atoms with van der Waals surface area (Å²) in [6.07, 6.45) is 1.68. The van der Waals surface area contributed by atoms with E-state index in [0.717, 1.165) is 57.8 Å². The summed E-state index contributed by atoms with van der Waals surface area (Å²) in [5, 5.41) is 0. The van der Waals surface area contributed by atoms with Crippen molar-refractivity contribution < 1.29 is 18.7 Å². The number of benzene rings is 1. The van der Waals surface area contributed by atoms with Gasteiger partial charge >= 0.3 is 6.09 Å². The quantitative estimate of drug-likeness (QED) is 0.778. The zero-order chi connectivity index (χ0) is 19.5. The fraction of sp³-hybridized carbons (Fsp3) is 0.600. The average Bonchev–Trinajstić information content (AvgIpc) is 3.13. The van der Waals surface area contributed by atoms with Gasteiger partial charge in [-0.15, -0.1) is 0 Å². The second-order valence-electron chi connectivity index (χ2n) is 7.67. The van der Waals surface area contributed by atoms with Crippen molar-refractivity contribution in [1.82, 2.24) is 14.7 Å². The van der Waals surface area contributed by atoms with Gasteiger partial charge in [0.05, 0.1) is 6.54 Å². The van der Waals surface area contributed by atoms with Crippen LogP contribution in [0.4, 0.5) is 14.9 Å². The second-order valence-corrected chi connectivity index (χ2v) is 7.67. The molecule has 7 nitrogen and oxygen atoms in total. The molecular formula is C20H27FN4O3. The van der Waals surface area contributed by atoms with Crippen molar-refractivity contribution in [3.63, 3.8) is 0 Å². The molecule has 8 heteroatoms. The monoisotopic (exact) mass is 390 g/mol. The molecule has 2 amide bonds. The Morgan fingerprint density at radius 2 is 1.82 bits per heavy atom. The number of nitrogens with zero attached hydrogens (tertiary/aromatic N) is 4. The first-order valence-electron chi connectivity index (χ1n) is 10.0. The topological polar surface area (TPSA) is 56.3 Å². The van der Waals surface area contributed by atoms with Crippen LogP contribution in [0.2, 0.25) is 0 Å². The number of halogens is 1. The number of amides is 2. The molecular weight excluding hydrogens is 363 g/mol. The molecule has 1 unspecified atom stereocenters. The van der Waals surface area contributed by atoms with Crippen molar-refractivity contribution in [3.8, 4) is 0 Å². The van der Waals surface area contributed by atoms with Gasteiger partial charge in [0.2, 0.25) is 5.91 Å². The van der Waals surface area contributed by atoms with Gasteiger partial charge in [-0.2, -0.15) is 0 Å². The van der Waals surface area contributed by atoms with E-state index >= 15 is 0 Å². The number of rotatable bonds is 4. The molecule has 0 spiro atoms. The van der Waals surface area contributed by atoms with E-state index < -0.39 is 0 Å². The number of carbonyl (C=O) groups is 2. The van der Waals surface area contributed by atoms with Crippen LogP contribution in [0.3, 0.4) is 0 Å². The minimum absolute atomic E-state index is 0.00787. The molecule has 1 aromatic rings. The number of likely N-dealkylation sites (tertiary alicyclic amines) is 1. The van der Waals surface area contributed by atoms with Gasteiger partial charge in [-0.3, -0.25) is 14.6 Å². The highest BCUT2D eigenvalue weighted by atomic mass is 19.1. The minimum atomic E-state index is -0.390. The Kier molecular flexibility index (Phi) is 5.66. The molecule has 28 heavy (non-hydrogen) atoms. The lowest BCUT2D eigenvalue weighted by atomic mass is 10.0. The Hall–Kier alpha value is -2.35. The third-order valence-electron chi connectivity index (χ3n) is 5.94. The number of hydrogen-bond donors (Lipinski definition) is 0. The first-order chi connectivity index (χ1) is 13.6. The predicted octanol–water partition coefficient (Wildman–Crippen LogP) is 1.39. The van der Waals surface area contributed by atoms with Gasteiger partial charge < -0.3 is 14.5 Å². The molecule has 3 aliphatic rings. The smallest absolute Gasteiger partial charge is 0.410 e. The van der Waals surface area contributed by atoms with Crippen LogP contribution >= 0.6 is 0 Å². The van der Waals surface area contributed by atoms with Gasteiger partial charge in [0.25, 0.3) is 0 Å². The zero-order valence-electron chi connectivity index (χ0n) is 16.1. The Morgan fingerprint density at radius 3 is 2.50 bits per heavy atom. The Labute approximate surface area is 164 Å². The van der Waals surface area contributed by atoms with E-state index in [1.165, 1.54) is 17.0 Å². The van der Waals surface area contributed by atoms with E-state index in [1.54, 1.807) is 0 Å². The molecule has 3 fully saturated rings. The van der Waals surface area contributed by atoms with Crippen molar-refractivity contribution >= 4 is 17.7 Å². The van der Waals surface area contributed by atoms with Crippen LogP contribution in [0.15, 0.2) is 24.3 Å². The molecule has 152 valence electrons. The van der Waals surface area contributed by atoms with Crippen molar-refractivity contribution in [2.45, 2.75) is 18.9 Å². The van der Waals surface area contributed by atoms with Gasteiger partial charge in [-0.25, -0.2) is 9.18 Å². The number of carbonyl (C=O) groups excluding carboxylic acids is 2. The van der Waals surface area contributed by atoms with E-state index in [1.807, 2.05) is 17.0 Å². The van der Waals surface area contributed by atoms with Crippen molar-refractivity contribution in [3.05, 3.63) is 30.1 Å². The standard InChI is InChI=1S/C20H27FN4O3/c21-16-3-5-17(6-4-16)22-8-10-23(11-9-22)18-2-1-7-24(14-18)19(26)15-25-12-13-28-20(25)27/h3-6,18H,1-2,7-15H2. The number of piperazine rings is 1. The molecule has 3 saturated heterocycles. The summed E-state index contributed by atoms with van der Waals surface area (Å²) in [5.41, 5.74) is 1.05. The number of ether oxygens (including phenoxy) is 1. The summed E-state index contributed by atoms with van der Waals surface area (Å²) in [7, 11) is 0. The van der Waals surface area contributed by atoms with Crippen LogP contribution in [0, 0.1) is 5.82 Å². The van der Waals surface area contributed by atoms with Crippen LogP contribution in [-0.4, -0.2) is 91.7 Å². The third-order valence-corrected chi connectivity index (χ3v) is 5.94. The van der Waals surface area contributed by atoms with Gasteiger partial charge in [0.1, 0.15) is 19.0 Å². The molecule has 4 rings (SSSR count). The summed E-state index contributed by atoms with van der Waals surface area (Å²) >= 11 is 0. The Bertz CT molecular complexity index is 706. The number of cyclic esters (lactones) is 1. The van der Waals surface area contributed by atoms with Gasteiger partial charge in [-0.1, -0.05) is 0 Å². The van der Waals surface area contributed by atoms with Crippen LogP contribution in [0.1, 0.15) is 12.8 Å². The van der Waals surface area contributed by atoms with Crippen LogP contribution in [-0.2, 0) is 9.53 Å². The van der Waals surface area contributed by atoms with E-state index in [9.17, 15) is 14.0 Å².